The van der Waals surface area contributed by atoms with Crippen molar-refractivity contribution in [2.24, 2.45) is 0 Å². The van der Waals surface area contributed by atoms with Crippen LogP contribution in [0.5, 0.6) is 5.75 Å². The Morgan fingerprint density at radius 1 is 1.16 bits per heavy atom. The second kappa shape index (κ2) is 10.6. The highest BCUT2D eigenvalue weighted by Gasteiger charge is 2.58. The molecule has 1 aromatic carbocycles. The lowest BCUT2D eigenvalue weighted by Gasteiger charge is -2.28. The van der Waals surface area contributed by atoms with E-state index in [9.17, 15) is 23.7 Å². The molecule has 1 aromatic heterocycles. The highest BCUT2D eigenvalue weighted by Crippen LogP contribution is 2.48. The SMILES string of the molecule is C[C@@H]1NP(=O)(Oc2ccccc2)OC[C@H]2O[C@@H](n3ccc(=O)[nH]c3=O)[C@](C)(F)[C@@H]2OC(=O)CCOC1=O. The summed E-state index contributed by atoms with van der Waals surface area (Å²) in [6.07, 6.45) is -4.01. The third-order valence-electron chi connectivity index (χ3n) is 5.68. The predicted molar refractivity (Wildman–Crippen MR) is 123 cm³/mol. The van der Waals surface area contributed by atoms with Crippen molar-refractivity contribution in [3.05, 3.63) is 63.4 Å². The first-order chi connectivity index (χ1) is 17.5. The molecule has 0 aliphatic carbocycles. The van der Waals surface area contributed by atoms with E-state index >= 15 is 4.39 Å². The van der Waals surface area contributed by atoms with E-state index in [1.54, 1.807) is 18.2 Å². The van der Waals surface area contributed by atoms with E-state index in [0.29, 0.717) is 0 Å². The van der Waals surface area contributed by atoms with Gasteiger partial charge < -0.3 is 18.7 Å². The minimum absolute atomic E-state index is 0.145. The summed E-state index contributed by atoms with van der Waals surface area (Å²) in [4.78, 5) is 50.5. The third kappa shape index (κ3) is 5.99. The average molecular weight is 541 g/mol. The number of aromatic amines is 1. The summed E-state index contributed by atoms with van der Waals surface area (Å²) in [6.45, 7) is 1.38. The van der Waals surface area contributed by atoms with Crippen LogP contribution >= 0.6 is 7.75 Å². The van der Waals surface area contributed by atoms with Crippen LogP contribution in [0, 0.1) is 0 Å². The standard InChI is InChI=1S/C22H25FN3O10P/c1-13-19(29)32-11-9-17(28)35-18-15(12-33-37(31,25-13)36-14-6-4-3-5-7-14)34-20(22(18,2)23)26-10-8-16(27)24-21(26)30/h3-8,10,13,15,18,20H,9,11-12H2,1-2H3,(H,25,31)(H,24,27,30)/t13-,15+,18+,20+,22+,37?/m0/s1. The van der Waals surface area contributed by atoms with E-state index in [0.717, 1.165) is 23.8 Å². The summed E-state index contributed by atoms with van der Waals surface area (Å²) in [5.74, 6) is -1.60. The molecule has 6 atom stereocenters. The molecule has 0 saturated carbocycles. The Morgan fingerprint density at radius 3 is 2.59 bits per heavy atom. The lowest BCUT2D eigenvalue weighted by Crippen LogP contribution is -2.46. The number of cyclic esters (lactones) is 1. The fourth-order valence-corrected chi connectivity index (χ4v) is 5.38. The van der Waals surface area contributed by atoms with Crippen LogP contribution in [0.1, 0.15) is 26.5 Å². The Labute approximate surface area is 209 Å². The summed E-state index contributed by atoms with van der Waals surface area (Å²) in [5, 5.41) is 2.47. The van der Waals surface area contributed by atoms with Crippen molar-refractivity contribution in [2.45, 2.75) is 50.4 Å². The van der Waals surface area contributed by atoms with Gasteiger partial charge in [0.1, 0.15) is 24.5 Å². The predicted octanol–water partition coefficient (Wildman–Crippen LogP) is 1.20. The van der Waals surface area contributed by atoms with Crippen molar-refractivity contribution in [3.8, 4) is 5.75 Å². The first kappa shape index (κ1) is 26.7. The highest BCUT2D eigenvalue weighted by atomic mass is 31.2. The monoisotopic (exact) mass is 541 g/mol. The van der Waals surface area contributed by atoms with Crippen molar-refractivity contribution in [2.75, 3.05) is 13.2 Å². The molecular formula is C22H25FN3O10P. The zero-order valence-corrected chi connectivity index (χ0v) is 20.7. The van der Waals surface area contributed by atoms with Crippen LogP contribution < -0.4 is 20.9 Å². The number of alkyl halides is 1. The number of nitrogens with zero attached hydrogens (tertiary/aromatic N) is 1. The van der Waals surface area contributed by atoms with Crippen LogP contribution in [0.15, 0.2) is 52.2 Å². The number of fused-ring (bicyclic) bond motifs is 1. The molecule has 2 aliphatic rings. The number of hydrogen-bond acceptors (Lipinski definition) is 10. The van der Waals surface area contributed by atoms with Gasteiger partial charge in [-0.3, -0.25) is 28.5 Å². The minimum Gasteiger partial charge on any atom is -0.464 e. The van der Waals surface area contributed by atoms with Crippen LogP contribution in [-0.4, -0.2) is 58.6 Å². The Balaban J connectivity index is 1.67. The summed E-state index contributed by atoms with van der Waals surface area (Å²) in [6, 6.07) is 7.77. The van der Waals surface area contributed by atoms with Gasteiger partial charge in [0.25, 0.3) is 5.56 Å². The maximum atomic E-state index is 16.1. The first-order valence-electron chi connectivity index (χ1n) is 11.3. The van der Waals surface area contributed by atoms with Gasteiger partial charge >= 0.3 is 25.4 Å². The maximum Gasteiger partial charge on any atom is 0.459 e. The Morgan fingerprint density at radius 2 is 1.89 bits per heavy atom. The summed E-state index contributed by atoms with van der Waals surface area (Å²) in [5.41, 5.74) is -4.16. The number of para-hydroxylation sites is 1. The number of benzene rings is 1. The van der Waals surface area contributed by atoms with Gasteiger partial charge in [-0.2, -0.15) is 5.09 Å². The summed E-state index contributed by atoms with van der Waals surface area (Å²) in [7, 11) is -4.32. The van der Waals surface area contributed by atoms with E-state index in [1.807, 2.05) is 4.98 Å². The molecule has 15 heteroatoms. The molecule has 0 spiro atoms. The van der Waals surface area contributed by atoms with Crippen molar-refractivity contribution in [1.29, 1.82) is 0 Å². The molecular weight excluding hydrogens is 516 g/mol. The maximum absolute atomic E-state index is 16.1. The molecule has 0 amide bonds. The van der Waals surface area contributed by atoms with Gasteiger partial charge in [-0.15, -0.1) is 0 Å². The van der Waals surface area contributed by atoms with Gasteiger partial charge in [0.05, 0.1) is 13.0 Å². The smallest absolute Gasteiger partial charge is 0.459 e. The Bertz CT molecular complexity index is 1310. The van der Waals surface area contributed by atoms with Crippen LogP contribution in [0.25, 0.3) is 0 Å². The van der Waals surface area contributed by atoms with E-state index in [4.69, 9.17) is 23.3 Å². The average Bonchev–Trinajstić information content (AvgIpc) is 3.07. The highest BCUT2D eigenvalue weighted by molar-refractivity contribution is 7.52. The number of ether oxygens (including phenoxy) is 3. The third-order valence-corrected chi connectivity index (χ3v) is 7.32. The largest absolute Gasteiger partial charge is 0.464 e. The fraction of sp³-hybridized carbons (Fsp3) is 0.455. The minimum atomic E-state index is -4.32. The number of hydrogen-bond donors (Lipinski definition) is 2. The number of nitrogens with one attached hydrogen (secondary N) is 2. The van der Waals surface area contributed by atoms with Crippen molar-refractivity contribution >= 4 is 19.7 Å². The van der Waals surface area contributed by atoms with E-state index in [2.05, 4.69) is 5.09 Å². The van der Waals surface area contributed by atoms with Crippen LogP contribution in [0.4, 0.5) is 4.39 Å². The van der Waals surface area contributed by atoms with Gasteiger partial charge in [0, 0.05) is 12.3 Å². The zero-order valence-electron chi connectivity index (χ0n) is 19.8. The normalized spacial score (nSPS) is 33.2. The van der Waals surface area contributed by atoms with Gasteiger partial charge in [-0.1, -0.05) is 18.2 Å². The molecule has 4 rings (SSSR count). The number of rotatable bonds is 3. The summed E-state index contributed by atoms with van der Waals surface area (Å²) < 4.78 is 57.7. The molecule has 0 radical (unpaired) electrons. The number of carbonyl (C=O) groups is 2. The molecule has 13 nitrogen and oxygen atoms in total. The lowest BCUT2D eigenvalue weighted by atomic mass is 9.98. The van der Waals surface area contributed by atoms with Crippen molar-refractivity contribution in [1.82, 2.24) is 14.6 Å². The van der Waals surface area contributed by atoms with Crippen molar-refractivity contribution in [3.63, 3.8) is 0 Å². The molecule has 37 heavy (non-hydrogen) atoms. The van der Waals surface area contributed by atoms with E-state index in [1.165, 1.54) is 19.1 Å². The number of aromatic nitrogens is 2. The molecule has 1 unspecified atom stereocenters. The number of halogens is 1. The fourth-order valence-electron chi connectivity index (χ4n) is 3.87. The van der Waals surface area contributed by atoms with Gasteiger partial charge in [-0.25, -0.2) is 13.8 Å². The zero-order chi connectivity index (χ0) is 26.8. The van der Waals surface area contributed by atoms with Gasteiger partial charge in [0.15, 0.2) is 18.0 Å². The molecule has 0 bridgehead atoms. The second-order valence-corrected chi connectivity index (χ2v) is 10.3. The molecule has 200 valence electrons. The molecule has 2 N–H and O–H groups in total. The van der Waals surface area contributed by atoms with Crippen LogP contribution in [-0.2, 0) is 32.9 Å². The summed E-state index contributed by atoms with van der Waals surface area (Å²) >= 11 is 0. The molecule has 2 fully saturated rings. The quantitative estimate of drug-likeness (QED) is 0.424. The Hall–Kier alpha value is -3.32. The van der Waals surface area contributed by atoms with E-state index < -0.39 is 80.7 Å². The number of esters is 2. The molecule has 2 saturated heterocycles. The number of H-pyrrole nitrogens is 1. The molecule has 3 heterocycles. The van der Waals surface area contributed by atoms with Gasteiger partial charge in [0.2, 0.25) is 0 Å². The van der Waals surface area contributed by atoms with E-state index in [-0.39, 0.29) is 5.75 Å². The van der Waals surface area contributed by atoms with Crippen LogP contribution in [0.2, 0.25) is 0 Å². The first-order valence-corrected chi connectivity index (χ1v) is 12.8. The van der Waals surface area contributed by atoms with Crippen molar-refractivity contribution < 1.29 is 41.8 Å². The lowest BCUT2D eigenvalue weighted by molar-refractivity contribution is -0.160. The number of carbonyl (C=O) groups excluding carboxylic acids is 2. The molecule has 2 aromatic rings. The topological polar surface area (TPSA) is 164 Å². The molecule has 2 aliphatic heterocycles. The second-order valence-electron chi connectivity index (χ2n) is 8.57. The van der Waals surface area contributed by atoms with Crippen LogP contribution in [0.3, 0.4) is 0 Å². The Kier molecular flexibility index (Phi) is 7.64. The van der Waals surface area contributed by atoms with Gasteiger partial charge in [-0.05, 0) is 26.0 Å².